The van der Waals surface area contributed by atoms with E-state index in [1.165, 1.54) is 16.8 Å². The van der Waals surface area contributed by atoms with Gasteiger partial charge in [0.15, 0.2) is 5.13 Å². The topological polar surface area (TPSA) is 54.2 Å². The van der Waals surface area contributed by atoms with Crippen molar-refractivity contribution in [2.75, 3.05) is 18.4 Å². The van der Waals surface area contributed by atoms with Crippen molar-refractivity contribution >= 4 is 39.3 Å². The first-order valence-electron chi connectivity index (χ1n) is 10.1. The van der Waals surface area contributed by atoms with E-state index in [9.17, 15) is 0 Å². The number of anilines is 1. The Labute approximate surface area is 184 Å². The minimum absolute atomic E-state index is 0.679. The van der Waals surface area contributed by atoms with Crippen molar-refractivity contribution in [3.05, 3.63) is 76.0 Å². The zero-order valence-corrected chi connectivity index (χ0v) is 18.2. The number of thiazole rings is 1. The predicted molar refractivity (Wildman–Crippen MR) is 125 cm³/mol. The molecular formula is C23H22ClN5S. The highest BCUT2D eigenvalue weighted by atomic mass is 35.5. The zero-order valence-electron chi connectivity index (χ0n) is 16.7. The van der Waals surface area contributed by atoms with E-state index >= 15 is 0 Å². The Kier molecular flexibility index (Phi) is 5.29. The number of nitrogens with one attached hydrogen (secondary N) is 2. The summed E-state index contributed by atoms with van der Waals surface area (Å²) >= 11 is 7.61. The van der Waals surface area contributed by atoms with Crippen molar-refractivity contribution in [1.29, 1.82) is 0 Å². The van der Waals surface area contributed by atoms with E-state index in [-0.39, 0.29) is 0 Å². The Balaban J connectivity index is 1.40. The van der Waals surface area contributed by atoms with Gasteiger partial charge in [0.25, 0.3) is 0 Å². The Bertz CT molecular complexity index is 1220. The molecule has 0 saturated carbocycles. The summed E-state index contributed by atoms with van der Waals surface area (Å²) in [6, 6.07) is 12.0. The Hall–Kier alpha value is -2.67. The number of hydrogen-bond donors (Lipinski definition) is 2. The highest BCUT2D eigenvalue weighted by Gasteiger charge is 2.14. The van der Waals surface area contributed by atoms with Crippen LogP contribution >= 0.6 is 22.9 Å². The summed E-state index contributed by atoms with van der Waals surface area (Å²) in [7, 11) is 0. The van der Waals surface area contributed by atoms with Gasteiger partial charge in [0.1, 0.15) is 5.65 Å². The summed E-state index contributed by atoms with van der Waals surface area (Å²) in [4.78, 5) is 9.57. The van der Waals surface area contributed by atoms with E-state index in [2.05, 4.69) is 51.7 Å². The second-order valence-corrected chi connectivity index (χ2v) is 8.56. The van der Waals surface area contributed by atoms with Crippen LogP contribution in [0.3, 0.4) is 0 Å². The maximum Gasteiger partial charge on any atom is 0.183 e. The Morgan fingerprint density at radius 2 is 1.97 bits per heavy atom. The van der Waals surface area contributed by atoms with Gasteiger partial charge in [0.05, 0.1) is 23.6 Å². The molecule has 0 aliphatic carbocycles. The molecule has 0 fully saturated rings. The van der Waals surface area contributed by atoms with E-state index in [4.69, 9.17) is 21.6 Å². The lowest BCUT2D eigenvalue weighted by Gasteiger charge is -2.08. The number of hydrogen-bond acceptors (Lipinski definition) is 5. The molecule has 0 amide bonds. The molecule has 7 heteroatoms. The summed E-state index contributed by atoms with van der Waals surface area (Å²) < 4.78 is 2.22. The third kappa shape index (κ3) is 3.74. The molecule has 0 unspecified atom stereocenters. The van der Waals surface area contributed by atoms with Gasteiger partial charge in [-0.3, -0.25) is 0 Å². The normalized spacial score (nSPS) is 13.7. The summed E-state index contributed by atoms with van der Waals surface area (Å²) in [5.41, 5.74) is 7.90. The molecular weight excluding hydrogens is 414 g/mol. The van der Waals surface area contributed by atoms with Crippen LogP contribution in [0, 0.1) is 0 Å². The lowest BCUT2D eigenvalue weighted by atomic mass is 10.1. The smallest absolute Gasteiger partial charge is 0.183 e. The van der Waals surface area contributed by atoms with Gasteiger partial charge >= 0.3 is 0 Å². The van der Waals surface area contributed by atoms with Gasteiger partial charge in [-0.2, -0.15) is 0 Å². The molecule has 0 radical (unpaired) electrons. The summed E-state index contributed by atoms with van der Waals surface area (Å²) in [6.07, 6.45) is 5.36. The van der Waals surface area contributed by atoms with E-state index < -0.39 is 0 Å². The van der Waals surface area contributed by atoms with Crippen molar-refractivity contribution in [3.8, 4) is 11.3 Å². The van der Waals surface area contributed by atoms with E-state index in [1.807, 2.05) is 24.3 Å². The molecule has 2 N–H and O–H groups in total. The standard InChI is InChI=1S/C23H22ClN5S/c1-2-19-21(29-13-17(5-8-22(29)27-19)16-9-10-25-11-16)12-26-23-28-20(14-30-23)15-3-6-18(24)7-4-15/h3-9,13-14,25H,2,10-12H2,1H3,(H,26,28). The summed E-state index contributed by atoms with van der Waals surface area (Å²) in [5.74, 6) is 0. The molecule has 5 rings (SSSR count). The van der Waals surface area contributed by atoms with Gasteiger partial charge < -0.3 is 15.0 Å². The second kappa shape index (κ2) is 8.22. The van der Waals surface area contributed by atoms with Crippen LogP contribution in [0.1, 0.15) is 23.9 Å². The monoisotopic (exact) mass is 435 g/mol. The second-order valence-electron chi connectivity index (χ2n) is 7.26. The summed E-state index contributed by atoms with van der Waals surface area (Å²) in [5, 5.41) is 10.6. The first kappa shape index (κ1) is 19.3. The Morgan fingerprint density at radius 1 is 1.13 bits per heavy atom. The SMILES string of the molecule is CCc1nc2ccc(C3=CCNC3)cn2c1CNc1nc(-c2ccc(Cl)cc2)cs1. The highest BCUT2D eigenvalue weighted by molar-refractivity contribution is 7.14. The van der Waals surface area contributed by atoms with Crippen molar-refractivity contribution < 1.29 is 0 Å². The number of pyridine rings is 1. The number of aromatic nitrogens is 3. The number of nitrogens with zero attached hydrogens (tertiary/aromatic N) is 3. The molecule has 3 aromatic heterocycles. The quantitative estimate of drug-likeness (QED) is 0.433. The van der Waals surface area contributed by atoms with E-state index in [0.29, 0.717) is 6.54 Å². The number of fused-ring (bicyclic) bond motifs is 1. The third-order valence-electron chi connectivity index (χ3n) is 5.37. The average Bonchev–Trinajstić information content (AvgIpc) is 3.52. The molecule has 0 spiro atoms. The lowest BCUT2D eigenvalue weighted by molar-refractivity contribution is 0.896. The molecule has 1 aromatic carbocycles. The van der Waals surface area contributed by atoms with Crippen molar-refractivity contribution in [2.24, 2.45) is 0 Å². The highest BCUT2D eigenvalue weighted by Crippen LogP contribution is 2.27. The van der Waals surface area contributed by atoms with Gasteiger partial charge in [0.2, 0.25) is 0 Å². The fourth-order valence-corrected chi connectivity index (χ4v) is 4.61. The van der Waals surface area contributed by atoms with Crippen molar-refractivity contribution in [1.82, 2.24) is 19.7 Å². The molecule has 1 aliphatic heterocycles. The molecule has 4 heterocycles. The van der Waals surface area contributed by atoms with Crippen LogP contribution in [-0.4, -0.2) is 27.5 Å². The fraction of sp³-hybridized carbons (Fsp3) is 0.217. The largest absolute Gasteiger partial charge is 0.356 e. The molecule has 0 atom stereocenters. The van der Waals surface area contributed by atoms with Crippen LogP contribution in [0.5, 0.6) is 0 Å². The first-order chi connectivity index (χ1) is 14.7. The van der Waals surface area contributed by atoms with Crippen LogP contribution in [0.4, 0.5) is 5.13 Å². The molecule has 0 bridgehead atoms. The van der Waals surface area contributed by atoms with Crippen molar-refractivity contribution in [2.45, 2.75) is 19.9 Å². The molecule has 4 aromatic rings. The van der Waals surface area contributed by atoms with Crippen LogP contribution in [-0.2, 0) is 13.0 Å². The summed E-state index contributed by atoms with van der Waals surface area (Å²) in [6.45, 7) is 4.68. The lowest BCUT2D eigenvalue weighted by Crippen LogP contribution is -2.08. The molecule has 30 heavy (non-hydrogen) atoms. The number of imidazole rings is 1. The molecule has 152 valence electrons. The van der Waals surface area contributed by atoms with Crippen molar-refractivity contribution in [3.63, 3.8) is 0 Å². The Morgan fingerprint density at radius 3 is 2.73 bits per heavy atom. The molecule has 1 aliphatic rings. The average molecular weight is 436 g/mol. The first-order valence-corrected chi connectivity index (χ1v) is 11.3. The van der Waals surface area contributed by atoms with Crippen LogP contribution in [0.2, 0.25) is 5.02 Å². The molecule has 5 nitrogen and oxygen atoms in total. The number of rotatable bonds is 6. The van der Waals surface area contributed by atoms with Gasteiger partial charge in [-0.25, -0.2) is 9.97 Å². The predicted octanol–water partition coefficient (Wildman–Crippen LogP) is 5.27. The van der Waals surface area contributed by atoms with Crippen LogP contribution < -0.4 is 10.6 Å². The molecule has 0 saturated heterocycles. The van der Waals surface area contributed by atoms with Gasteiger partial charge in [-0.05, 0) is 41.8 Å². The van der Waals surface area contributed by atoms with Gasteiger partial charge in [0, 0.05) is 35.3 Å². The minimum Gasteiger partial charge on any atom is -0.356 e. The van der Waals surface area contributed by atoms with Crippen LogP contribution in [0.15, 0.2) is 54.1 Å². The maximum absolute atomic E-state index is 5.99. The fourth-order valence-electron chi connectivity index (χ4n) is 3.76. The van der Waals surface area contributed by atoms with Crippen LogP contribution in [0.25, 0.3) is 22.5 Å². The number of aryl methyl sites for hydroxylation is 1. The third-order valence-corrected chi connectivity index (χ3v) is 6.42. The maximum atomic E-state index is 5.99. The van der Waals surface area contributed by atoms with E-state index in [0.717, 1.165) is 52.3 Å². The number of halogens is 1. The zero-order chi connectivity index (χ0) is 20.5. The minimum atomic E-state index is 0.679. The van der Waals surface area contributed by atoms with E-state index in [1.54, 1.807) is 11.3 Å². The van der Waals surface area contributed by atoms with Gasteiger partial charge in [-0.1, -0.05) is 36.7 Å². The number of benzene rings is 1. The van der Waals surface area contributed by atoms with Gasteiger partial charge in [-0.15, -0.1) is 11.3 Å².